The average molecular weight is 292 g/mol. The molecule has 0 spiro atoms. The van der Waals surface area contributed by atoms with E-state index in [1.807, 2.05) is 33.9 Å². The highest BCUT2D eigenvalue weighted by atomic mass is 16.2. The van der Waals surface area contributed by atoms with Crippen molar-refractivity contribution in [1.82, 2.24) is 20.0 Å². The molecule has 6 nitrogen and oxygen atoms in total. The Bertz CT molecular complexity index is 538. The van der Waals surface area contributed by atoms with Gasteiger partial charge in [-0.25, -0.2) is 0 Å². The highest BCUT2D eigenvalue weighted by Crippen LogP contribution is 2.21. The predicted octanol–water partition coefficient (Wildman–Crippen LogP) is 0.856. The quantitative estimate of drug-likeness (QED) is 0.875. The molecule has 0 aromatic carbocycles. The van der Waals surface area contributed by atoms with Crippen molar-refractivity contribution in [3.8, 4) is 0 Å². The van der Waals surface area contributed by atoms with Gasteiger partial charge in [0.15, 0.2) is 0 Å². The molecule has 2 unspecified atom stereocenters. The molecule has 2 heterocycles. The molecule has 0 bridgehead atoms. The van der Waals surface area contributed by atoms with Crippen LogP contribution in [0.15, 0.2) is 6.07 Å². The summed E-state index contributed by atoms with van der Waals surface area (Å²) in [5.41, 5.74) is 1.96. The van der Waals surface area contributed by atoms with E-state index in [4.69, 9.17) is 0 Å². The van der Waals surface area contributed by atoms with E-state index in [9.17, 15) is 9.59 Å². The number of aromatic nitrogens is 2. The Morgan fingerprint density at radius 1 is 1.43 bits per heavy atom. The summed E-state index contributed by atoms with van der Waals surface area (Å²) in [7, 11) is 1.88. The molecule has 2 atom stereocenters. The Morgan fingerprint density at radius 3 is 2.71 bits per heavy atom. The van der Waals surface area contributed by atoms with E-state index in [1.54, 1.807) is 9.58 Å². The zero-order chi connectivity index (χ0) is 15.6. The maximum Gasteiger partial charge on any atom is 0.243 e. The fourth-order valence-electron chi connectivity index (χ4n) is 2.71. The van der Waals surface area contributed by atoms with Crippen LogP contribution >= 0.6 is 0 Å². The van der Waals surface area contributed by atoms with Gasteiger partial charge in [-0.05, 0) is 18.4 Å². The highest BCUT2D eigenvalue weighted by molar-refractivity contribution is 5.94. The smallest absolute Gasteiger partial charge is 0.243 e. The van der Waals surface area contributed by atoms with Crippen molar-refractivity contribution in [3.05, 3.63) is 17.5 Å². The lowest BCUT2D eigenvalue weighted by atomic mass is 9.95. The molecular weight excluding hydrogens is 268 g/mol. The molecule has 0 saturated carbocycles. The van der Waals surface area contributed by atoms with Gasteiger partial charge in [0.1, 0.15) is 6.04 Å². The number of hydrogen-bond donors (Lipinski definition) is 1. The van der Waals surface area contributed by atoms with Crippen LogP contribution in [0.5, 0.6) is 0 Å². The Labute approximate surface area is 125 Å². The number of carbonyl (C=O) groups excluding carboxylic acids is 2. The van der Waals surface area contributed by atoms with Gasteiger partial charge >= 0.3 is 0 Å². The number of rotatable bonds is 5. The number of amides is 2. The van der Waals surface area contributed by atoms with Gasteiger partial charge in [0.2, 0.25) is 11.8 Å². The summed E-state index contributed by atoms with van der Waals surface area (Å²) in [5, 5.41) is 7.10. The molecule has 116 valence electrons. The van der Waals surface area contributed by atoms with Gasteiger partial charge in [0.05, 0.1) is 24.5 Å². The number of hydrogen-bond acceptors (Lipinski definition) is 3. The van der Waals surface area contributed by atoms with Crippen LogP contribution in [0, 0.1) is 5.92 Å². The van der Waals surface area contributed by atoms with Crippen molar-refractivity contribution in [1.29, 1.82) is 0 Å². The average Bonchev–Trinajstić information content (AvgIpc) is 2.83. The van der Waals surface area contributed by atoms with Crippen LogP contribution in [0.2, 0.25) is 0 Å². The second kappa shape index (κ2) is 6.28. The molecule has 1 saturated heterocycles. The number of nitrogens with one attached hydrogen (secondary N) is 1. The number of nitrogens with zero attached hydrogens (tertiary/aromatic N) is 3. The van der Waals surface area contributed by atoms with Gasteiger partial charge < -0.3 is 10.2 Å². The third-order valence-corrected chi connectivity index (χ3v) is 4.24. The van der Waals surface area contributed by atoms with E-state index in [0.717, 1.165) is 24.2 Å². The summed E-state index contributed by atoms with van der Waals surface area (Å²) in [4.78, 5) is 26.1. The number of piperazine rings is 1. The lowest BCUT2D eigenvalue weighted by molar-refractivity contribution is -0.148. The molecule has 0 radical (unpaired) electrons. The molecule has 1 aromatic rings. The maximum absolute atomic E-state index is 12.2. The van der Waals surface area contributed by atoms with Crippen LogP contribution in [-0.2, 0) is 29.6 Å². The van der Waals surface area contributed by atoms with Crippen molar-refractivity contribution < 1.29 is 9.59 Å². The van der Waals surface area contributed by atoms with Gasteiger partial charge in [0, 0.05) is 7.05 Å². The van der Waals surface area contributed by atoms with Crippen LogP contribution in [0.1, 0.15) is 38.6 Å². The van der Waals surface area contributed by atoms with Crippen molar-refractivity contribution in [2.24, 2.45) is 13.0 Å². The zero-order valence-electron chi connectivity index (χ0n) is 13.2. The monoisotopic (exact) mass is 292 g/mol. The van der Waals surface area contributed by atoms with Gasteiger partial charge in [-0.1, -0.05) is 27.2 Å². The summed E-state index contributed by atoms with van der Waals surface area (Å²) in [6.07, 6.45) is 1.71. The topological polar surface area (TPSA) is 67.2 Å². The minimum Gasteiger partial charge on any atom is -0.345 e. The summed E-state index contributed by atoms with van der Waals surface area (Å²) in [6.45, 7) is 6.62. The Balaban J connectivity index is 2.26. The molecular formula is C15H24N4O2. The third kappa shape index (κ3) is 3.09. The summed E-state index contributed by atoms with van der Waals surface area (Å²) < 4.78 is 1.80. The normalized spacial score (nSPS) is 20.6. The Kier molecular flexibility index (Phi) is 4.65. The second-order valence-corrected chi connectivity index (χ2v) is 5.67. The fourth-order valence-corrected chi connectivity index (χ4v) is 2.71. The lowest BCUT2D eigenvalue weighted by Crippen LogP contribution is -2.60. The lowest BCUT2D eigenvalue weighted by Gasteiger charge is -2.37. The minimum atomic E-state index is -0.392. The first-order chi connectivity index (χ1) is 9.97. The molecule has 6 heteroatoms. The van der Waals surface area contributed by atoms with E-state index in [2.05, 4.69) is 10.4 Å². The summed E-state index contributed by atoms with van der Waals surface area (Å²) in [6, 6.07) is 1.62. The highest BCUT2D eigenvalue weighted by Gasteiger charge is 2.37. The van der Waals surface area contributed by atoms with E-state index < -0.39 is 6.04 Å². The molecule has 2 amide bonds. The van der Waals surface area contributed by atoms with Gasteiger partial charge in [-0.3, -0.25) is 14.3 Å². The SMILES string of the molecule is CCc1cc(CN2C(=O)CNC(=O)C2C(C)CC)n(C)n1. The molecule has 1 aliphatic heterocycles. The first-order valence-corrected chi connectivity index (χ1v) is 7.56. The fraction of sp³-hybridized carbons (Fsp3) is 0.667. The Morgan fingerprint density at radius 2 is 2.14 bits per heavy atom. The molecule has 21 heavy (non-hydrogen) atoms. The van der Waals surface area contributed by atoms with E-state index in [0.29, 0.717) is 6.54 Å². The van der Waals surface area contributed by atoms with Crippen molar-refractivity contribution >= 4 is 11.8 Å². The maximum atomic E-state index is 12.2. The molecule has 2 rings (SSSR count). The first kappa shape index (κ1) is 15.5. The van der Waals surface area contributed by atoms with E-state index in [1.165, 1.54) is 0 Å². The van der Waals surface area contributed by atoms with Gasteiger partial charge in [-0.2, -0.15) is 5.10 Å². The van der Waals surface area contributed by atoms with Crippen LogP contribution in [0.4, 0.5) is 0 Å². The van der Waals surface area contributed by atoms with Crippen molar-refractivity contribution in [2.45, 2.75) is 46.2 Å². The van der Waals surface area contributed by atoms with Crippen LogP contribution in [0.3, 0.4) is 0 Å². The minimum absolute atomic E-state index is 0.0286. The largest absolute Gasteiger partial charge is 0.345 e. The van der Waals surface area contributed by atoms with Crippen LogP contribution in [-0.4, -0.2) is 39.1 Å². The molecule has 1 fully saturated rings. The van der Waals surface area contributed by atoms with Gasteiger partial charge in [-0.15, -0.1) is 0 Å². The zero-order valence-corrected chi connectivity index (χ0v) is 13.2. The second-order valence-electron chi connectivity index (χ2n) is 5.67. The number of aryl methyl sites for hydroxylation is 2. The first-order valence-electron chi connectivity index (χ1n) is 7.56. The molecule has 1 aliphatic rings. The molecule has 0 aliphatic carbocycles. The van der Waals surface area contributed by atoms with Crippen LogP contribution < -0.4 is 5.32 Å². The Hall–Kier alpha value is -1.85. The van der Waals surface area contributed by atoms with Crippen LogP contribution in [0.25, 0.3) is 0 Å². The summed E-state index contributed by atoms with van der Waals surface area (Å²) >= 11 is 0. The van der Waals surface area contributed by atoms with E-state index >= 15 is 0 Å². The third-order valence-electron chi connectivity index (χ3n) is 4.24. The van der Waals surface area contributed by atoms with Gasteiger partial charge in [0.25, 0.3) is 0 Å². The standard InChI is InChI=1S/C15H24N4O2/c1-5-10(3)14-15(21)16-8-13(20)19(14)9-12-7-11(6-2)17-18(12)4/h7,10,14H,5-6,8-9H2,1-4H3,(H,16,21). The number of carbonyl (C=O) groups is 2. The summed E-state index contributed by atoms with van der Waals surface area (Å²) in [5.74, 6) is 0.0501. The van der Waals surface area contributed by atoms with Crippen molar-refractivity contribution in [3.63, 3.8) is 0 Å². The molecule has 1 N–H and O–H groups in total. The van der Waals surface area contributed by atoms with E-state index in [-0.39, 0.29) is 24.3 Å². The predicted molar refractivity (Wildman–Crippen MR) is 79.4 cm³/mol. The molecule has 1 aromatic heterocycles. The van der Waals surface area contributed by atoms with Crippen molar-refractivity contribution in [2.75, 3.05) is 6.54 Å².